The molecule has 1 aliphatic heterocycles. The first-order valence-corrected chi connectivity index (χ1v) is 14.2. The van der Waals surface area contributed by atoms with Crippen molar-refractivity contribution in [2.75, 3.05) is 30.5 Å². The van der Waals surface area contributed by atoms with E-state index in [1.807, 2.05) is 69.3 Å². The smallest absolute Gasteiger partial charge is 0.255 e. The molecule has 1 atom stereocenters. The molecule has 11 heteroatoms. The van der Waals surface area contributed by atoms with Gasteiger partial charge in [0.1, 0.15) is 11.8 Å². The molecule has 0 spiro atoms. The van der Waals surface area contributed by atoms with Crippen LogP contribution in [-0.2, 0) is 11.2 Å². The average molecular weight is 620 g/mol. The van der Waals surface area contributed by atoms with Crippen LogP contribution in [0.4, 0.5) is 11.6 Å². The maximum absolute atomic E-state index is 13.9. The van der Waals surface area contributed by atoms with Crippen LogP contribution >= 0.6 is 15.9 Å². The molecule has 3 aromatic carbocycles. The number of tetrazole rings is 1. The fourth-order valence-corrected chi connectivity index (χ4v) is 5.29. The quantitative estimate of drug-likeness (QED) is 0.217. The number of anilines is 2. The maximum atomic E-state index is 13.9. The molecule has 1 aliphatic rings. The van der Waals surface area contributed by atoms with Gasteiger partial charge in [0, 0.05) is 12.1 Å². The molecule has 0 saturated carbocycles. The van der Waals surface area contributed by atoms with Gasteiger partial charge >= 0.3 is 0 Å². The summed E-state index contributed by atoms with van der Waals surface area (Å²) in [5.41, 5.74) is 3.57. The van der Waals surface area contributed by atoms with E-state index >= 15 is 0 Å². The second-order valence-electron chi connectivity index (χ2n) is 9.24. The molecule has 0 radical (unpaired) electrons. The highest BCUT2D eigenvalue weighted by atomic mass is 79.9. The van der Waals surface area contributed by atoms with E-state index in [0.717, 1.165) is 12.0 Å². The number of fused-ring (bicyclic) bond motifs is 1. The van der Waals surface area contributed by atoms with Crippen LogP contribution in [0.2, 0.25) is 0 Å². The van der Waals surface area contributed by atoms with E-state index in [1.165, 1.54) is 5.56 Å². The van der Waals surface area contributed by atoms with Crippen molar-refractivity contribution in [3.63, 3.8) is 0 Å². The van der Waals surface area contributed by atoms with Gasteiger partial charge in [0.05, 0.1) is 35.6 Å². The Morgan fingerprint density at radius 2 is 1.73 bits per heavy atom. The Labute approximate surface area is 246 Å². The first kappa shape index (κ1) is 28.2. The van der Waals surface area contributed by atoms with Crippen molar-refractivity contribution in [1.82, 2.24) is 20.2 Å². The summed E-state index contributed by atoms with van der Waals surface area (Å²) in [6.45, 7) is 7.02. The van der Waals surface area contributed by atoms with Crippen LogP contribution in [0.25, 0.3) is 0 Å². The van der Waals surface area contributed by atoms with Crippen molar-refractivity contribution in [1.29, 1.82) is 0 Å². The molecule has 1 amide bonds. The minimum absolute atomic E-state index is 0.314. The summed E-state index contributed by atoms with van der Waals surface area (Å²) >= 11 is 3.69. The average Bonchev–Trinajstić information content (AvgIpc) is 3.43. The Hall–Kier alpha value is -4.38. The first-order chi connectivity index (χ1) is 20.0. The highest BCUT2D eigenvalue weighted by Gasteiger charge is 2.35. The molecular formula is C30H31BrN6O4. The van der Waals surface area contributed by atoms with Crippen molar-refractivity contribution in [2.24, 2.45) is 0 Å². The number of nitrogens with zero attached hydrogens (tertiary/aromatic N) is 4. The van der Waals surface area contributed by atoms with E-state index in [1.54, 1.807) is 10.7 Å². The summed E-state index contributed by atoms with van der Waals surface area (Å²) < 4.78 is 20.2. The second-order valence-corrected chi connectivity index (χ2v) is 10.1. The zero-order valence-electron chi connectivity index (χ0n) is 23.1. The van der Waals surface area contributed by atoms with Gasteiger partial charge in [0.15, 0.2) is 11.5 Å². The van der Waals surface area contributed by atoms with E-state index in [9.17, 15) is 4.79 Å². The third-order valence-corrected chi connectivity index (χ3v) is 7.11. The normalized spacial score (nSPS) is 14.2. The Morgan fingerprint density at radius 3 is 2.51 bits per heavy atom. The van der Waals surface area contributed by atoms with Gasteiger partial charge in [-0.15, -0.1) is 0 Å². The highest BCUT2D eigenvalue weighted by molar-refractivity contribution is 9.10. The van der Waals surface area contributed by atoms with Gasteiger partial charge in [-0.25, -0.2) is 0 Å². The zero-order chi connectivity index (χ0) is 28.8. The molecule has 5 rings (SSSR count). The summed E-state index contributed by atoms with van der Waals surface area (Å²) in [7, 11) is 0. The van der Waals surface area contributed by atoms with Crippen LogP contribution in [0.15, 0.2) is 82.5 Å². The van der Waals surface area contributed by atoms with Gasteiger partial charge in [-0.05, 0) is 82.5 Å². The third-order valence-electron chi connectivity index (χ3n) is 6.52. The van der Waals surface area contributed by atoms with Gasteiger partial charge in [-0.3, -0.25) is 4.79 Å². The number of benzene rings is 3. The Kier molecular flexibility index (Phi) is 8.83. The molecule has 1 aromatic heterocycles. The number of ether oxygens (including phenoxy) is 3. The van der Waals surface area contributed by atoms with E-state index in [-0.39, 0.29) is 5.91 Å². The number of para-hydroxylation sites is 2. The Balaban J connectivity index is 1.49. The molecule has 10 nitrogen and oxygen atoms in total. The maximum Gasteiger partial charge on any atom is 0.255 e. The molecule has 2 N–H and O–H groups in total. The SMILES string of the molecule is CCOc1ccccc1NC(=O)C1=C(C)Nc2nnnn2C1c1cc(Br)c(OCCc2ccccc2)c(OCC)c1. The van der Waals surface area contributed by atoms with Gasteiger partial charge in [-0.2, -0.15) is 4.68 Å². The van der Waals surface area contributed by atoms with Crippen molar-refractivity contribution < 1.29 is 19.0 Å². The molecule has 212 valence electrons. The number of halogens is 1. The minimum atomic E-state index is -0.644. The second kappa shape index (κ2) is 12.9. The van der Waals surface area contributed by atoms with Crippen LogP contribution in [0, 0.1) is 0 Å². The predicted octanol–water partition coefficient (Wildman–Crippen LogP) is 5.78. The lowest BCUT2D eigenvalue weighted by atomic mass is 9.94. The fraction of sp³-hybridized carbons (Fsp3) is 0.267. The topological polar surface area (TPSA) is 112 Å². The van der Waals surface area contributed by atoms with Crippen molar-refractivity contribution in [3.05, 3.63) is 93.6 Å². The van der Waals surface area contributed by atoms with Crippen LogP contribution in [0.1, 0.15) is 37.9 Å². The zero-order valence-corrected chi connectivity index (χ0v) is 24.6. The summed E-state index contributed by atoms with van der Waals surface area (Å²) in [5, 5.41) is 18.3. The number of carbonyl (C=O) groups excluding carboxylic acids is 1. The van der Waals surface area contributed by atoms with Crippen LogP contribution in [-0.4, -0.2) is 45.9 Å². The Morgan fingerprint density at radius 1 is 1.00 bits per heavy atom. The van der Waals surface area contributed by atoms with Gasteiger partial charge in [-0.1, -0.05) is 47.6 Å². The van der Waals surface area contributed by atoms with E-state index in [0.29, 0.717) is 64.4 Å². The summed E-state index contributed by atoms with van der Waals surface area (Å²) in [5.74, 6) is 1.84. The largest absolute Gasteiger partial charge is 0.492 e. The molecule has 0 saturated heterocycles. The van der Waals surface area contributed by atoms with E-state index in [4.69, 9.17) is 14.2 Å². The number of hydrogen-bond acceptors (Lipinski definition) is 8. The van der Waals surface area contributed by atoms with Crippen molar-refractivity contribution in [3.8, 4) is 17.2 Å². The molecule has 4 aromatic rings. The number of nitrogens with one attached hydrogen (secondary N) is 2. The van der Waals surface area contributed by atoms with Crippen molar-refractivity contribution >= 4 is 33.5 Å². The number of aromatic nitrogens is 4. The summed E-state index contributed by atoms with van der Waals surface area (Å²) in [6, 6.07) is 20.6. The molecule has 0 aliphatic carbocycles. The molecular weight excluding hydrogens is 588 g/mol. The van der Waals surface area contributed by atoms with Crippen molar-refractivity contribution in [2.45, 2.75) is 33.2 Å². The van der Waals surface area contributed by atoms with Gasteiger partial charge in [0.2, 0.25) is 5.95 Å². The standard InChI is InChI=1S/C30H31BrN6O4/c1-4-39-24-14-10-9-13-23(24)33-29(38)26-19(3)32-30-34-35-36-37(30)27(26)21-17-22(31)28(25(18-21)40-5-2)41-16-15-20-11-7-6-8-12-20/h6-14,17-18,27H,4-5,15-16H2,1-3H3,(H,33,38)(H,32,34,36). The van der Waals surface area contributed by atoms with Crippen LogP contribution < -0.4 is 24.8 Å². The Bertz CT molecular complexity index is 1560. The fourth-order valence-electron chi connectivity index (χ4n) is 4.72. The molecule has 41 heavy (non-hydrogen) atoms. The van der Waals surface area contributed by atoms with Crippen LogP contribution in [0.5, 0.6) is 17.2 Å². The van der Waals surface area contributed by atoms with Gasteiger partial charge in [0.25, 0.3) is 5.91 Å². The molecule has 1 unspecified atom stereocenters. The number of rotatable bonds is 11. The highest BCUT2D eigenvalue weighted by Crippen LogP contribution is 2.43. The molecule has 0 bridgehead atoms. The lowest BCUT2D eigenvalue weighted by molar-refractivity contribution is -0.113. The lowest BCUT2D eigenvalue weighted by Gasteiger charge is -2.29. The lowest BCUT2D eigenvalue weighted by Crippen LogP contribution is -2.31. The molecule has 0 fully saturated rings. The predicted molar refractivity (Wildman–Crippen MR) is 159 cm³/mol. The number of amides is 1. The first-order valence-electron chi connectivity index (χ1n) is 13.4. The van der Waals surface area contributed by atoms with Crippen LogP contribution in [0.3, 0.4) is 0 Å². The summed E-state index contributed by atoms with van der Waals surface area (Å²) in [6.07, 6.45) is 0.748. The number of carbonyl (C=O) groups is 1. The molecule has 2 heterocycles. The number of hydrogen-bond donors (Lipinski definition) is 2. The van der Waals surface area contributed by atoms with E-state index < -0.39 is 6.04 Å². The van der Waals surface area contributed by atoms with E-state index in [2.05, 4.69) is 54.2 Å². The van der Waals surface area contributed by atoms with Gasteiger partial charge < -0.3 is 24.8 Å². The monoisotopic (exact) mass is 618 g/mol. The number of allylic oxidation sites excluding steroid dienone is 1. The third kappa shape index (κ3) is 6.19. The minimum Gasteiger partial charge on any atom is -0.492 e. The summed E-state index contributed by atoms with van der Waals surface area (Å²) in [4.78, 5) is 13.9.